The molecule has 0 unspecified atom stereocenters. The normalized spacial score (nSPS) is 10.2. The summed E-state index contributed by atoms with van der Waals surface area (Å²) in [7, 11) is 0. The molecule has 0 aromatic heterocycles. The van der Waals surface area contributed by atoms with E-state index in [4.69, 9.17) is 9.47 Å². The highest BCUT2D eigenvalue weighted by atomic mass is 79.9. The largest absolute Gasteiger partial charge is 0.492 e. The van der Waals surface area contributed by atoms with E-state index < -0.39 is 24.3 Å². The van der Waals surface area contributed by atoms with E-state index in [0.29, 0.717) is 10.2 Å². The average Bonchev–Trinajstić information content (AvgIpc) is 2.59. The molecule has 132 valence electrons. The fourth-order valence-electron chi connectivity index (χ4n) is 1.98. The van der Waals surface area contributed by atoms with Crippen LogP contribution < -0.4 is 10.1 Å². The SMILES string of the molecule is Cc1cccc(OCCNC(=O)COC(=O)c2cc(Br)ccc2F)c1. The van der Waals surface area contributed by atoms with Crippen molar-refractivity contribution < 1.29 is 23.5 Å². The molecule has 2 rings (SSSR count). The molecule has 5 nitrogen and oxygen atoms in total. The minimum Gasteiger partial charge on any atom is -0.492 e. The van der Waals surface area contributed by atoms with Crippen LogP contribution in [0.4, 0.5) is 4.39 Å². The summed E-state index contributed by atoms with van der Waals surface area (Å²) in [5.74, 6) is -1.38. The van der Waals surface area contributed by atoms with Gasteiger partial charge in [-0.3, -0.25) is 4.79 Å². The number of ether oxygens (including phenoxy) is 2. The van der Waals surface area contributed by atoms with Gasteiger partial charge in [0.05, 0.1) is 12.1 Å². The van der Waals surface area contributed by atoms with Gasteiger partial charge in [-0.2, -0.15) is 0 Å². The Morgan fingerprint density at radius 2 is 2.00 bits per heavy atom. The maximum atomic E-state index is 13.5. The Labute approximate surface area is 153 Å². The summed E-state index contributed by atoms with van der Waals surface area (Å²) in [4.78, 5) is 23.4. The van der Waals surface area contributed by atoms with Gasteiger partial charge in [0.1, 0.15) is 18.2 Å². The Morgan fingerprint density at radius 3 is 2.76 bits per heavy atom. The summed E-state index contributed by atoms with van der Waals surface area (Å²) in [6.45, 7) is 2.01. The molecule has 0 atom stereocenters. The molecule has 0 aliphatic rings. The topological polar surface area (TPSA) is 64.6 Å². The van der Waals surface area contributed by atoms with E-state index >= 15 is 0 Å². The van der Waals surface area contributed by atoms with Crippen LogP contribution in [-0.4, -0.2) is 31.6 Å². The highest BCUT2D eigenvalue weighted by Crippen LogP contribution is 2.16. The van der Waals surface area contributed by atoms with E-state index in [1.807, 2.05) is 31.2 Å². The number of nitrogens with one attached hydrogen (secondary N) is 1. The average molecular weight is 410 g/mol. The molecule has 7 heteroatoms. The number of hydrogen-bond acceptors (Lipinski definition) is 4. The summed E-state index contributed by atoms with van der Waals surface area (Å²) in [5.41, 5.74) is 0.846. The number of esters is 1. The standard InChI is InChI=1S/C18H17BrFNO4/c1-12-3-2-4-14(9-12)24-8-7-21-17(22)11-25-18(23)15-10-13(19)5-6-16(15)20/h2-6,9-10H,7-8,11H2,1H3,(H,21,22). The van der Waals surface area contributed by atoms with Gasteiger partial charge in [0.2, 0.25) is 0 Å². The molecule has 0 radical (unpaired) electrons. The summed E-state index contributed by atoms with van der Waals surface area (Å²) < 4.78 is 24.4. The minimum atomic E-state index is -0.898. The lowest BCUT2D eigenvalue weighted by molar-refractivity contribution is -0.124. The number of benzene rings is 2. The molecule has 0 fully saturated rings. The van der Waals surface area contributed by atoms with Crippen LogP contribution in [0.2, 0.25) is 0 Å². The third kappa shape index (κ3) is 6.19. The Balaban J connectivity index is 1.70. The fourth-order valence-corrected chi connectivity index (χ4v) is 2.34. The predicted molar refractivity (Wildman–Crippen MR) is 94.1 cm³/mol. The second-order valence-electron chi connectivity index (χ2n) is 5.22. The number of carbonyl (C=O) groups is 2. The minimum absolute atomic E-state index is 0.232. The van der Waals surface area contributed by atoms with E-state index in [2.05, 4.69) is 21.2 Å². The molecule has 0 spiro atoms. The number of amides is 1. The molecule has 0 aliphatic carbocycles. The maximum Gasteiger partial charge on any atom is 0.341 e. The summed E-state index contributed by atoms with van der Waals surface area (Å²) in [5, 5.41) is 2.56. The summed E-state index contributed by atoms with van der Waals surface area (Å²) in [6, 6.07) is 11.4. The van der Waals surface area contributed by atoms with Crippen LogP contribution in [0.1, 0.15) is 15.9 Å². The molecule has 2 aromatic rings. The maximum absolute atomic E-state index is 13.5. The highest BCUT2D eigenvalue weighted by Gasteiger charge is 2.15. The first-order chi connectivity index (χ1) is 12.0. The van der Waals surface area contributed by atoms with Gasteiger partial charge in [0.25, 0.3) is 5.91 Å². The van der Waals surface area contributed by atoms with Crippen molar-refractivity contribution in [3.8, 4) is 5.75 Å². The summed E-state index contributed by atoms with van der Waals surface area (Å²) in [6.07, 6.45) is 0. The predicted octanol–water partition coefficient (Wildman–Crippen LogP) is 3.25. The molecule has 0 aliphatic heterocycles. The Bertz CT molecular complexity index is 766. The number of aryl methyl sites for hydroxylation is 1. The van der Waals surface area contributed by atoms with Gasteiger partial charge in [-0.1, -0.05) is 28.1 Å². The number of rotatable bonds is 7. The van der Waals surface area contributed by atoms with Gasteiger partial charge < -0.3 is 14.8 Å². The molecule has 1 N–H and O–H groups in total. The van der Waals surface area contributed by atoms with Crippen LogP contribution >= 0.6 is 15.9 Å². The van der Waals surface area contributed by atoms with Crippen molar-refractivity contribution in [2.75, 3.05) is 19.8 Å². The molecule has 25 heavy (non-hydrogen) atoms. The molecular weight excluding hydrogens is 393 g/mol. The lowest BCUT2D eigenvalue weighted by atomic mass is 10.2. The molecule has 1 amide bonds. The van der Waals surface area contributed by atoms with Crippen molar-refractivity contribution in [2.24, 2.45) is 0 Å². The first-order valence-electron chi connectivity index (χ1n) is 7.54. The van der Waals surface area contributed by atoms with Crippen molar-refractivity contribution >= 4 is 27.8 Å². The van der Waals surface area contributed by atoms with Crippen molar-refractivity contribution in [2.45, 2.75) is 6.92 Å². The smallest absolute Gasteiger partial charge is 0.341 e. The van der Waals surface area contributed by atoms with Gasteiger partial charge >= 0.3 is 5.97 Å². The van der Waals surface area contributed by atoms with Crippen molar-refractivity contribution in [1.29, 1.82) is 0 Å². The Morgan fingerprint density at radius 1 is 1.20 bits per heavy atom. The van der Waals surface area contributed by atoms with Crippen LogP contribution in [0.5, 0.6) is 5.75 Å². The van der Waals surface area contributed by atoms with Crippen LogP contribution in [0.3, 0.4) is 0 Å². The summed E-state index contributed by atoms with van der Waals surface area (Å²) >= 11 is 3.14. The Hall–Kier alpha value is -2.41. The van der Waals surface area contributed by atoms with Crippen LogP contribution in [0, 0.1) is 12.7 Å². The van der Waals surface area contributed by atoms with Gasteiger partial charge in [0.15, 0.2) is 6.61 Å². The molecular formula is C18H17BrFNO4. The van der Waals surface area contributed by atoms with Gasteiger partial charge in [-0.05, 0) is 42.8 Å². The van der Waals surface area contributed by atoms with Crippen LogP contribution in [-0.2, 0) is 9.53 Å². The van der Waals surface area contributed by atoms with E-state index in [1.54, 1.807) is 0 Å². The second-order valence-corrected chi connectivity index (χ2v) is 6.13. The van der Waals surface area contributed by atoms with Gasteiger partial charge in [0, 0.05) is 4.47 Å². The first-order valence-corrected chi connectivity index (χ1v) is 8.33. The number of carbonyl (C=O) groups excluding carboxylic acids is 2. The van der Waals surface area contributed by atoms with Crippen molar-refractivity contribution in [3.63, 3.8) is 0 Å². The van der Waals surface area contributed by atoms with E-state index in [9.17, 15) is 14.0 Å². The van der Waals surface area contributed by atoms with Crippen molar-refractivity contribution in [3.05, 3.63) is 63.9 Å². The lowest BCUT2D eigenvalue weighted by Gasteiger charge is -2.09. The zero-order valence-corrected chi connectivity index (χ0v) is 15.1. The van der Waals surface area contributed by atoms with E-state index in [0.717, 1.165) is 11.6 Å². The first kappa shape index (κ1) is 18.9. The zero-order chi connectivity index (χ0) is 18.2. The third-order valence-electron chi connectivity index (χ3n) is 3.17. The third-order valence-corrected chi connectivity index (χ3v) is 3.66. The highest BCUT2D eigenvalue weighted by molar-refractivity contribution is 9.10. The van der Waals surface area contributed by atoms with E-state index in [-0.39, 0.29) is 18.7 Å². The molecule has 0 saturated carbocycles. The molecule has 0 saturated heterocycles. The van der Waals surface area contributed by atoms with E-state index in [1.165, 1.54) is 12.1 Å². The quantitative estimate of drug-likeness (QED) is 0.562. The number of hydrogen-bond donors (Lipinski definition) is 1. The lowest BCUT2D eigenvalue weighted by Crippen LogP contribution is -2.32. The van der Waals surface area contributed by atoms with Crippen LogP contribution in [0.25, 0.3) is 0 Å². The molecule has 0 heterocycles. The van der Waals surface area contributed by atoms with Gasteiger partial charge in [-0.25, -0.2) is 9.18 Å². The monoisotopic (exact) mass is 409 g/mol. The van der Waals surface area contributed by atoms with Crippen LogP contribution in [0.15, 0.2) is 46.9 Å². The Kier molecular flexibility index (Phi) is 6.94. The fraction of sp³-hybridized carbons (Fsp3) is 0.222. The molecule has 2 aromatic carbocycles. The second kappa shape index (κ2) is 9.17. The number of halogens is 2. The molecule has 0 bridgehead atoms. The van der Waals surface area contributed by atoms with Gasteiger partial charge in [-0.15, -0.1) is 0 Å². The zero-order valence-electron chi connectivity index (χ0n) is 13.6. The van der Waals surface area contributed by atoms with Crippen molar-refractivity contribution in [1.82, 2.24) is 5.32 Å².